The maximum Gasteiger partial charge on any atom is 0.303 e. The second kappa shape index (κ2) is 7.34. The number of carbonyl (C=O) groups is 3. The first-order chi connectivity index (χ1) is 9.72. The quantitative estimate of drug-likeness (QED) is 0.468. The molecule has 0 amide bonds. The van der Waals surface area contributed by atoms with E-state index >= 15 is 0 Å². The molecule has 1 aliphatic rings. The fraction of sp³-hybridized carbons (Fsp3) is 0.750. The summed E-state index contributed by atoms with van der Waals surface area (Å²) in [5.74, 6) is -1.89. The molecular formula is C12H19NO8. The molecule has 0 radical (unpaired) electrons. The lowest BCUT2D eigenvalue weighted by Gasteiger charge is -2.41. The van der Waals surface area contributed by atoms with Crippen LogP contribution in [0.4, 0.5) is 0 Å². The number of nitrogens with two attached hydrogens (primary N) is 1. The summed E-state index contributed by atoms with van der Waals surface area (Å²) in [6, 6.07) is -1.10. The van der Waals surface area contributed by atoms with Gasteiger partial charge in [0.2, 0.25) is 0 Å². The van der Waals surface area contributed by atoms with Gasteiger partial charge in [-0.1, -0.05) is 0 Å². The Balaban J connectivity index is 2.94. The van der Waals surface area contributed by atoms with Crippen LogP contribution in [-0.2, 0) is 33.3 Å². The topological polar surface area (TPSA) is 134 Å². The molecule has 9 heteroatoms. The molecule has 0 aliphatic carbocycles. The molecule has 0 aromatic heterocycles. The van der Waals surface area contributed by atoms with Gasteiger partial charge in [-0.15, -0.1) is 0 Å². The number of esters is 3. The van der Waals surface area contributed by atoms with E-state index in [4.69, 9.17) is 24.7 Å². The summed E-state index contributed by atoms with van der Waals surface area (Å²) >= 11 is 0. The summed E-state index contributed by atoms with van der Waals surface area (Å²) < 4.78 is 20.0. The fourth-order valence-corrected chi connectivity index (χ4v) is 1.95. The maximum atomic E-state index is 11.2. The minimum atomic E-state index is -1.46. The third kappa shape index (κ3) is 4.96. The highest BCUT2D eigenvalue weighted by molar-refractivity contribution is 5.67. The zero-order valence-corrected chi connectivity index (χ0v) is 12.0. The minimum Gasteiger partial charge on any atom is -0.463 e. The van der Waals surface area contributed by atoms with Crippen molar-refractivity contribution in [2.45, 2.75) is 51.4 Å². The van der Waals surface area contributed by atoms with Crippen LogP contribution in [0.15, 0.2) is 0 Å². The van der Waals surface area contributed by atoms with Crippen molar-refractivity contribution in [3.63, 3.8) is 0 Å². The molecule has 3 N–H and O–H groups in total. The van der Waals surface area contributed by atoms with Crippen molar-refractivity contribution >= 4 is 17.9 Å². The average Bonchev–Trinajstić information content (AvgIpc) is 2.35. The van der Waals surface area contributed by atoms with Crippen molar-refractivity contribution in [2.24, 2.45) is 5.73 Å². The van der Waals surface area contributed by atoms with Crippen molar-refractivity contribution in [1.29, 1.82) is 0 Å². The Kier molecular flexibility index (Phi) is 6.06. The van der Waals surface area contributed by atoms with Gasteiger partial charge in [-0.2, -0.15) is 0 Å². The van der Waals surface area contributed by atoms with E-state index in [9.17, 15) is 19.5 Å². The molecular weight excluding hydrogens is 286 g/mol. The molecule has 1 aliphatic heterocycles. The molecule has 1 saturated heterocycles. The summed E-state index contributed by atoms with van der Waals surface area (Å²) in [5.41, 5.74) is 5.70. The third-order valence-electron chi connectivity index (χ3n) is 2.77. The molecule has 0 unspecified atom stereocenters. The van der Waals surface area contributed by atoms with Crippen LogP contribution in [0.5, 0.6) is 0 Å². The first-order valence-corrected chi connectivity index (χ1v) is 6.29. The van der Waals surface area contributed by atoms with Crippen LogP contribution in [0.25, 0.3) is 0 Å². The van der Waals surface area contributed by atoms with Gasteiger partial charge >= 0.3 is 17.9 Å². The highest BCUT2D eigenvalue weighted by Crippen LogP contribution is 2.24. The molecule has 0 aromatic rings. The van der Waals surface area contributed by atoms with Crippen molar-refractivity contribution in [1.82, 2.24) is 0 Å². The zero-order chi connectivity index (χ0) is 16.2. The van der Waals surface area contributed by atoms with Crippen LogP contribution in [0.1, 0.15) is 20.8 Å². The standard InChI is InChI=1S/C12H19NO8/c1-5(14)18-4-8-10(19-6(2)15)11(20-7(3)16)9(13)12(17)21-8/h8-12,17H,4,13H2,1-3H3/t8-,9+,10-,11+,12+/m1/s1. The minimum absolute atomic E-state index is 0.283. The van der Waals surface area contributed by atoms with Gasteiger partial charge in [0, 0.05) is 20.8 Å². The Morgan fingerprint density at radius 1 is 1.05 bits per heavy atom. The number of carbonyl (C=O) groups excluding carboxylic acids is 3. The van der Waals surface area contributed by atoms with Gasteiger partial charge < -0.3 is 29.8 Å². The van der Waals surface area contributed by atoms with Crippen LogP contribution >= 0.6 is 0 Å². The molecule has 120 valence electrons. The summed E-state index contributed by atoms with van der Waals surface area (Å²) in [6.45, 7) is 3.22. The lowest BCUT2D eigenvalue weighted by atomic mass is 9.97. The number of hydrogen-bond acceptors (Lipinski definition) is 9. The smallest absolute Gasteiger partial charge is 0.303 e. The van der Waals surface area contributed by atoms with E-state index in [0.717, 1.165) is 13.8 Å². The molecule has 0 spiro atoms. The Morgan fingerprint density at radius 3 is 2.05 bits per heavy atom. The fourth-order valence-electron chi connectivity index (χ4n) is 1.95. The van der Waals surface area contributed by atoms with Crippen LogP contribution in [-0.4, -0.2) is 60.3 Å². The molecule has 1 rings (SSSR count). The predicted octanol–water partition coefficient (Wildman–Crippen LogP) is -1.54. The van der Waals surface area contributed by atoms with Gasteiger partial charge in [0.05, 0.1) is 6.04 Å². The molecule has 0 saturated carbocycles. The van der Waals surface area contributed by atoms with E-state index in [1.165, 1.54) is 6.92 Å². The van der Waals surface area contributed by atoms with Crippen LogP contribution in [0, 0.1) is 0 Å². The van der Waals surface area contributed by atoms with Gasteiger partial charge in [0.25, 0.3) is 0 Å². The normalized spacial score (nSPS) is 32.1. The Hall–Kier alpha value is -1.71. The van der Waals surface area contributed by atoms with Crippen molar-refractivity contribution in [3.05, 3.63) is 0 Å². The highest BCUT2D eigenvalue weighted by Gasteiger charge is 2.48. The lowest BCUT2D eigenvalue weighted by Crippen LogP contribution is -2.64. The van der Waals surface area contributed by atoms with Crippen LogP contribution in [0.3, 0.4) is 0 Å². The summed E-state index contributed by atoms with van der Waals surface area (Å²) in [6.07, 6.45) is -4.67. The second-order valence-electron chi connectivity index (χ2n) is 4.59. The number of aliphatic hydroxyl groups excluding tert-OH is 1. The van der Waals surface area contributed by atoms with Crippen molar-refractivity contribution in [3.8, 4) is 0 Å². The molecule has 0 aromatic carbocycles. The Morgan fingerprint density at radius 2 is 1.57 bits per heavy atom. The highest BCUT2D eigenvalue weighted by atomic mass is 16.7. The van der Waals surface area contributed by atoms with E-state index in [1.807, 2.05) is 0 Å². The molecule has 21 heavy (non-hydrogen) atoms. The molecule has 5 atom stereocenters. The average molecular weight is 305 g/mol. The monoisotopic (exact) mass is 305 g/mol. The summed E-state index contributed by atoms with van der Waals surface area (Å²) in [7, 11) is 0. The van der Waals surface area contributed by atoms with Gasteiger partial charge in [-0.05, 0) is 0 Å². The van der Waals surface area contributed by atoms with Crippen LogP contribution in [0.2, 0.25) is 0 Å². The second-order valence-corrected chi connectivity index (χ2v) is 4.59. The van der Waals surface area contributed by atoms with Gasteiger partial charge in [0.15, 0.2) is 18.5 Å². The Bertz CT molecular complexity index is 412. The van der Waals surface area contributed by atoms with Gasteiger partial charge in [0.1, 0.15) is 12.7 Å². The van der Waals surface area contributed by atoms with Gasteiger partial charge in [-0.3, -0.25) is 14.4 Å². The lowest BCUT2D eigenvalue weighted by molar-refractivity contribution is -0.260. The predicted molar refractivity (Wildman–Crippen MR) is 66.6 cm³/mol. The number of rotatable bonds is 4. The van der Waals surface area contributed by atoms with E-state index in [1.54, 1.807) is 0 Å². The first kappa shape index (κ1) is 17.3. The number of aliphatic hydroxyl groups is 1. The van der Waals surface area contributed by atoms with Crippen molar-refractivity contribution in [2.75, 3.05) is 6.61 Å². The van der Waals surface area contributed by atoms with E-state index in [2.05, 4.69) is 0 Å². The third-order valence-corrected chi connectivity index (χ3v) is 2.77. The number of hydrogen-bond donors (Lipinski definition) is 2. The summed E-state index contributed by atoms with van der Waals surface area (Å²) in [5, 5.41) is 9.73. The zero-order valence-electron chi connectivity index (χ0n) is 12.0. The van der Waals surface area contributed by atoms with E-state index in [0.29, 0.717) is 0 Å². The SMILES string of the molecule is CC(=O)OC[C@H]1O[C@H](O)[C@@H](N)[C@H](OC(C)=O)[C@@H]1OC(C)=O. The summed E-state index contributed by atoms with van der Waals surface area (Å²) in [4.78, 5) is 33.2. The van der Waals surface area contributed by atoms with E-state index < -0.39 is 48.6 Å². The molecule has 1 heterocycles. The van der Waals surface area contributed by atoms with Crippen molar-refractivity contribution < 1.29 is 38.4 Å². The largest absolute Gasteiger partial charge is 0.463 e. The Labute approximate surface area is 121 Å². The number of ether oxygens (including phenoxy) is 4. The molecule has 9 nitrogen and oxygen atoms in total. The maximum absolute atomic E-state index is 11.2. The van der Waals surface area contributed by atoms with E-state index in [-0.39, 0.29) is 6.61 Å². The van der Waals surface area contributed by atoms with Gasteiger partial charge in [-0.25, -0.2) is 0 Å². The molecule has 1 fully saturated rings. The van der Waals surface area contributed by atoms with Crippen LogP contribution < -0.4 is 5.73 Å². The molecule has 0 bridgehead atoms. The first-order valence-electron chi connectivity index (χ1n) is 6.29.